The number of nitrogens with one attached hydrogen (secondary N) is 1. The minimum Gasteiger partial charge on any atom is -0.495 e. The topological polar surface area (TPSA) is 63.9 Å². The van der Waals surface area contributed by atoms with Crippen molar-refractivity contribution in [1.29, 1.82) is 0 Å². The number of halogens is 1. The lowest BCUT2D eigenvalue weighted by atomic mass is 9.97. The Hall–Kier alpha value is -1.68. The first-order chi connectivity index (χ1) is 8.54. The number of aromatic amines is 1. The molecule has 0 aliphatic carbocycles. The lowest BCUT2D eigenvalue weighted by Crippen LogP contribution is -1.97. The second-order valence-corrected chi connectivity index (χ2v) is 4.84. The fourth-order valence-corrected chi connectivity index (χ4v) is 2.24. The molecule has 0 bridgehead atoms. The summed E-state index contributed by atoms with van der Waals surface area (Å²) in [6.07, 6.45) is 1.69. The Kier molecular flexibility index (Phi) is 3.48. The van der Waals surface area contributed by atoms with Gasteiger partial charge in [0.05, 0.1) is 18.3 Å². The molecule has 2 aromatic rings. The highest BCUT2D eigenvalue weighted by molar-refractivity contribution is 6.32. The zero-order valence-corrected chi connectivity index (χ0v) is 11.4. The summed E-state index contributed by atoms with van der Waals surface area (Å²) < 4.78 is 5.35. The van der Waals surface area contributed by atoms with Crippen molar-refractivity contribution in [2.75, 3.05) is 12.8 Å². The first kappa shape index (κ1) is 12.8. The van der Waals surface area contributed by atoms with Crippen LogP contribution in [0.5, 0.6) is 5.75 Å². The Bertz CT molecular complexity index is 563. The van der Waals surface area contributed by atoms with Gasteiger partial charge in [-0.05, 0) is 29.2 Å². The Morgan fingerprint density at radius 1 is 1.39 bits per heavy atom. The van der Waals surface area contributed by atoms with Crippen LogP contribution in [0, 0.1) is 0 Å². The van der Waals surface area contributed by atoms with E-state index in [0.717, 1.165) is 22.4 Å². The van der Waals surface area contributed by atoms with E-state index in [0.29, 0.717) is 16.8 Å². The molecule has 0 saturated heterocycles. The lowest BCUT2D eigenvalue weighted by Gasteiger charge is -2.15. The van der Waals surface area contributed by atoms with Gasteiger partial charge in [0.15, 0.2) is 0 Å². The minimum absolute atomic E-state index is 0.311. The highest BCUT2D eigenvalue weighted by Gasteiger charge is 2.15. The van der Waals surface area contributed by atoms with E-state index in [1.54, 1.807) is 13.3 Å². The largest absolute Gasteiger partial charge is 0.495 e. The van der Waals surface area contributed by atoms with Crippen LogP contribution in [0.25, 0.3) is 11.1 Å². The number of nitrogens with two attached hydrogens (primary N) is 1. The second kappa shape index (κ2) is 4.90. The molecule has 0 spiro atoms. The highest BCUT2D eigenvalue weighted by Crippen LogP contribution is 2.38. The molecule has 0 aliphatic rings. The van der Waals surface area contributed by atoms with Crippen molar-refractivity contribution in [3.8, 4) is 16.9 Å². The fourth-order valence-electron chi connectivity index (χ4n) is 1.94. The molecule has 2 rings (SSSR count). The van der Waals surface area contributed by atoms with Gasteiger partial charge >= 0.3 is 0 Å². The molecular formula is C13H16ClN3O. The summed E-state index contributed by atoms with van der Waals surface area (Å²) in [5.41, 5.74) is 8.67. The number of benzene rings is 1. The maximum atomic E-state index is 6.25. The molecule has 0 saturated carbocycles. The molecule has 1 aromatic heterocycles. The SMILES string of the molecule is COc1c(Cl)cc(-c2cn[nH]c2N)cc1C(C)C. The number of ether oxygens (including phenoxy) is 1. The average Bonchev–Trinajstić information content (AvgIpc) is 2.74. The van der Waals surface area contributed by atoms with Crippen LogP contribution in [0.15, 0.2) is 18.3 Å². The predicted molar refractivity (Wildman–Crippen MR) is 74.1 cm³/mol. The first-order valence-electron chi connectivity index (χ1n) is 5.71. The molecule has 96 valence electrons. The van der Waals surface area contributed by atoms with Gasteiger partial charge in [0.25, 0.3) is 0 Å². The van der Waals surface area contributed by atoms with Crippen LogP contribution >= 0.6 is 11.6 Å². The molecule has 1 heterocycles. The van der Waals surface area contributed by atoms with Crippen LogP contribution in [-0.4, -0.2) is 17.3 Å². The summed E-state index contributed by atoms with van der Waals surface area (Å²) in [5, 5.41) is 7.22. The van der Waals surface area contributed by atoms with Gasteiger partial charge in [-0.15, -0.1) is 0 Å². The van der Waals surface area contributed by atoms with Crippen molar-refractivity contribution < 1.29 is 4.74 Å². The van der Waals surface area contributed by atoms with E-state index in [1.807, 2.05) is 12.1 Å². The van der Waals surface area contributed by atoms with E-state index >= 15 is 0 Å². The van der Waals surface area contributed by atoms with Gasteiger partial charge in [0.1, 0.15) is 11.6 Å². The summed E-state index contributed by atoms with van der Waals surface area (Å²) in [7, 11) is 1.62. The molecule has 18 heavy (non-hydrogen) atoms. The Morgan fingerprint density at radius 3 is 2.61 bits per heavy atom. The lowest BCUT2D eigenvalue weighted by molar-refractivity contribution is 0.408. The third kappa shape index (κ3) is 2.16. The standard InChI is InChI=1S/C13H16ClN3O/c1-7(2)9-4-8(5-11(14)12(9)18-3)10-6-16-17-13(10)15/h4-7H,1-3H3,(H3,15,16,17). The van der Waals surface area contributed by atoms with Gasteiger partial charge in [-0.1, -0.05) is 25.4 Å². The minimum atomic E-state index is 0.311. The number of H-pyrrole nitrogens is 1. The maximum absolute atomic E-state index is 6.25. The number of aromatic nitrogens is 2. The molecule has 0 fully saturated rings. The van der Waals surface area contributed by atoms with Gasteiger partial charge in [0.2, 0.25) is 0 Å². The molecule has 1 aromatic carbocycles. The molecule has 3 N–H and O–H groups in total. The van der Waals surface area contributed by atoms with E-state index in [-0.39, 0.29) is 0 Å². The van der Waals surface area contributed by atoms with E-state index in [4.69, 9.17) is 22.1 Å². The van der Waals surface area contributed by atoms with Crippen molar-refractivity contribution >= 4 is 17.4 Å². The number of hydrogen-bond donors (Lipinski definition) is 2. The molecule has 0 radical (unpaired) electrons. The monoisotopic (exact) mass is 265 g/mol. The summed E-state index contributed by atoms with van der Waals surface area (Å²) >= 11 is 6.25. The fraction of sp³-hybridized carbons (Fsp3) is 0.308. The van der Waals surface area contributed by atoms with Crippen molar-refractivity contribution in [2.45, 2.75) is 19.8 Å². The van der Waals surface area contributed by atoms with Gasteiger partial charge in [-0.3, -0.25) is 5.10 Å². The summed E-state index contributed by atoms with van der Waals surface area (Å²) in [6.45, 7) is 4.19. The number of methoxy groups -OCH3 is 1. The van der Waals surface area contributed by atoms with Gasteiger partial charge in [0, 0.05) is 5.56 Å². The zero-order valence-electron chi connectivity index (χ0n) is 10.6. The van der Waals surface area contributed by atoms with E-state index in [9.17, 15) is 0 Å². The molecule has 4 nitrogen and oxygen atoms in total. The Labute approximate surface area is 111 Å². The third-order valence-corrected chi connectivity index (χ3v) is 3.16. The van der Waals surface area contributed by atoms with E-state index in [2.05, 4.69) is 24.0 Å². The normalized spacial score (nSPS) is 10.9. The Morgan fingerprint density at radius 2 is 2.11 bits per heavy atom. The third-order valence-electron chi connectivity index (χ3n) is 2.88. The Balaban J connectivity index is 2.62. The number of hydrogen-bond acceptors (Lipinski definition) is 3. The molecule has 0 atom stereocenters. The molecular weight excluding hydrogens is 250 g/mol. The zero-order chi connectivity index (χ0) is 13.3. The molecule has 5 heteroatoms. The number of anilines is 1. The number of nitrogens with zero attached hydrogens (tertiary/aromatic N) is 1. The summed E-state index contributed by atoms with van der Waals surface area (Å²) in [4.78, 5) is 0. The first-order valence-corrected chi connectivity index (χ1v) is 6.09. The van der Waals surface area contributed by atoms with Gasteiger partial charge < -0.3 is 10.5 Å². The quantitative estimate of drug-likeness (QED) is 0.893. The van der Waals surface area contributed by atoms with Crippen molar-refractivity contribution in [2.24, 2.45) is 0 Å². The number of nitrogen functional groups attached to an aromatic ring is 1. The van der Waals surface area contributed by atoms with Gasteiger partial charge in [-0.2, -0.15) is 5.10 Å². The van der Waals surface area contributed by atoms with Gasteiger partial charge in [-0.25, -0.2) is 0 Å². The van der Waals surface area contributed by atoms with Crippen molar-refractivity contribution in [1.82, 2.24) is 10.2 Å². The average molecular weight is 266 g/mol. The summed E-state index contributed by atoms with van der Waals surface area (Å²) in [6, 6.07) is 3.88. The van der Waals surface area contributed by atoms with Crippen LogP contribution in [0.1, 0.15) is 25.3 Å². The molecule has 0 aliphatic heterocycles. The van der Waals surface area contributed by atoms with Crippen LogP contribution in [0.2, 0.25) is 5.02 Å². The predicted octanol–water partition coefficient (Wildman–Crippen LogP) is 3.44. The number of rotatable bonds is 3. The van der Waals surface area contributed by atoms with Crippen molar-refractivity contribution in [3.63, 3.8) is 0 Å². The van der Waals surface area contributed by atoms with Crippen LogP contribution < -0.4 is 10.5 Å². The maximum Gasteiger partial charge on any atom is 0.140 e. The molecule has 0 amide bonds. The van der Waals surface area contributed by atoms with Crippen LogP contribution in [0.4, 0.5) is 5.82 Å². The summed E-state index contributed by atoms with van der Waals surface area (Å²) in [5.74, 6) is 1.56. The second-order valence-electron chi connectivity index (χ2n) is 4.43. The van der Waals surface area contributed by atoms with Crippen LogP contribution in [-0.2, 0) is 0 Å². The van der Waals surface area contributed by atoms with E-state index in [1.165, 1.54) is 0 Å². The van der Waals surface area contributed by atoms with Crippen molar-refractivity contribution in [3.05, 3.63) is 28.9 Å². The smallest absolute Gasteiger partial charge is 0.140 e. The van der Waals surface area contributed by atoms with Crippen LogP contribution in [0.3, 0.4) is 0 Å². The highest BCUT2D eigenvalue weighted by atomic mass is 35.5. The van der Waals surface area contributed by atoms with E-state index < -0.39 is 0 Å². The molecule has 0 unspecified atom stereocenters.